The monoisotopic (exact) mass is 245 g/mol. The molecule has 0 saturated heterocycles. The number of aliphatic hydroxyl groups excluding tert-OH is 1. The fourth-order valence-electron chi connectivity index (χ4n) is 1.41. The predicted octanol–water partition coefficient (Wildman–Crippen LogP) is 1.72. The molecule has 1 unspecified atom stereocenters. The lowest BCUT2D eigenvalue weighted by Gasteiger charge is -2.14. The average molecular weight is 245 g/mol. The summed E-state index contributed by atoms with van der Waals surface area (Å²) in [7, 11) is 0. The summed E-state index contributed by atoms with van der Waals surface area (Å²) in [6.45, 7) is 7.84. The van der Waals surface area contributed by atoms with Crippen LogP contribution >= 0.6 is 0 Å². The Kier molecular flexibility index (Phi) is 10.2. The molecule has 17 heavy (non-hydrogen) atoms. The summed E-state index contributed by atoms with van der Waals surface area (Å²) >= 11 is 0. The summed E-state index contributed by atoms with van der Waals surface area (Å²) in [4.78, 5) is 11.0. The van der Waals surface area contributed by atoms with E-state index in [0.717, 1.165) is 25.8 Å². The Morgan fingerprint density at radius 2 is 2.00 bits per heavy atom. The second-order valence-corrected chi connectivity index (χ2v) is 4.63. The number of aliphatic hydroxyl groups is 1. The molecule has 0 aliphatic heterocycles. The molecule has 102 valence electrons. The van der Waals surface area contributed by atoms with Crippen molar-refractivity contribution in [2.45, 2.75) is 52.6 Å². The quantitative estimate of drug-likeness (QED) is 0.454. The van der Waals surface area contributed by atoms with Gasteiger partial charge in [-0.3, -0.25) is 4.79 Å². The van der Waals surface area contributed by atoms with Crippen LogP contribution < -0.4 is 5.32 Å². The fourth-order valence-corrected chi connectivity index (χ4v) is 1.41. The van der Waals surface area contributed by atoms with Gasteiger partial charge in [-0.2, -0.15) is 0 Å². The van der Waals surface area contributed by atoms with Gasteiger partial charge in [-0.05, 0) is 32.2 Å². The number of ether oxygens (including phenoxy) is 1. The van der Waals surface area contributed by atoms with E-state index in [-0.39, 0.29) is 12.1 Å². The molecule has 4 heteroatoms. The summed E-state index contributed by atoms with van der Waals surface area (Å²) in [5.74, 6) is 0.196. The molecule has 0 aromatic heterocycles. The van der Waals surface area contributed by atoms with Gasteiger partial charge >= 0.3 is 5.97 Å². The molecule has 0 saturated carbocycles. The van der Waals surface area contributed by atoms with E-state index in [1.807, 2.05) is 20.8 Å². The molecule has 0 radical (unpaired) electrons. The van der Waals surface area contributed by atoms with Gasteiger partial charge in [0, 0.05) is 13.0 Å². The van der Waals surface area contributed by atoms with Crippen molar-refractivity contribution in [2.75, 3.05) is 19.7 Å². The largest absolute Gasteiger partial charge is 0.466 e. The minimum Gasteiger partial charge on any atom is -0.466 e. The Balaban J connectivity index is 3.21. The van der Waals surface area contributed by atoms with Gasteiger partial charge in [0.1, 0.15) is 0 Å². The third kappa shape index (κ3) is 10.3. The van der Waals surface area contributed by atoms with Gasteiger partial charge < -0.3 is 15.2 Å². The number of hydrogen-bond donors (Lipinski definition) is 2. The van der Waals surface area contributed by atoms with Crippen molar-refractivity contribution in [3.63, 3.8) is 0 Å². The van der Waals surface area contributed by atoms with Crippen molar-refractivity contribution in [1.29, 1.82) is 0 Å². The van der Waals surface area contributed by atoms with Crippen LogP contribution in [0, 0.1) is 5.92 Å². The Hall–Kier alpha value is -0.610. The van der Waals surface area contributed by atoms with E-state index in [9.17, 15) is 9.90 Å². The molecule has 0 aliphatic rings. The number of hydrogen-bond acceptors (Lipinski definition) is 4. The Morgan fingerprint density at radius 1 is 1.29 bits per heavy atom. The summed E-state index contributed by atoms with van der Waals surface area (Å²) in [5.41, 5.74) is 0. The van der Waals surface area contributed by atoms with Crippen molar-refractivity contribution in [1.82, 2.24) is 5.32 Å². The van der Waals surface area contributed by atoms with Crippen LogP contribution in [0.4, 0.5) is 0 Å². The van der Waals surface area contributed by atoms with Crippen molar-refractivity contribution in [3.8, 4) is 0 Å². The zero-order valence-electron chi connectivity index (χ0n) is 11.4. The second kappa shape index (κ2) is 10.5. The lowest BCUT2D eigenvalue weighted by atomic mass is 10.1. The maximum Gasteiger partial charge on any atom is 0.305 e. The van der Waals surface area contributed by atoms with E-state index in [1.165, 1.54) is 0 Å². The first kappa shape index (κ1) is 16.4. The normalized spacial score (nSPS) is 12.8. The lowest BCUT2D eigenvalue weighted by Crippen LogP contribution is -2.31. The number of rotatable bonds is 10. The summed E-state index contributed by atoms with van der Waals surface area (Å²) in [5, 5.41) is 12.8. The highest BCUT2D eigenvalue weighted by Gasteiger charge is 2.07. The molecule has 2 N–H and O–H groups in total. The highest BCUT2D eigenvalue weighted by molar-refractivity contribution is 5.69. The Morgan fingerprint density at radius 3 is 2.59 bits per heavy atom. The molecule has 0 spiro atoms. The zero-order valence-corrected chi connectivity index (χ0v) is 11.4. The fraction of sp³-hybridized carbons (Fsp3) is 0.923. The molecule has 0 aromatic carbocycles. The number of unbranched alkanes of at least 4 members (excludes halogenated alkanes) is 2. The van der Waals surface area contributed by atoms with E-state index in [4.69, 9.17) is 4.74 Å². The molecule has 0 aromatic rings. The van der Waals surface area contributed by atoms with E-state index >= 15 is 0 Å². The van der Waals surface area contributed by atoms with Gasteiger partial charge in [-0.15, -0.1) is 0 Å². The average Bonchev–Trinajstić information content (AvgIpc) is 2.27. The molecule has 1 atom stereocenters. The first-order valence-corrected chi connectivity index (χ1v) is 6.62. The molecule has 0 heterocycles. The van der Waals surface area contributed by atoms with E-state index in [2.05, 4.69) is 5.32 Å². The minimum absolute atomic E-state index is 0.101. The van der Waals surface area contributed by atoms with E-state index in [0.29, 0.717) is 25.5 Å². The number of carbonyl (C=O) groups is 1. The van der Waals surface area contributed by atoms with Gasteiger partial charge in [0.2, 0.25) is 0 Å². The number of carbonyl (C=O) groups excluding carboxylic acids is 1. The van der Waals surface area contributed by atoms with Crippen LogP contribution in [0.25, 0.3) is 0 Å². The van der Waals surface area contributed by atoms with Crippen LogP contribution in [0.5, 0.6) is 0 Å². The molecule has 4 nitrogen and oxygen atoms in total. The number of nitrogens with one attached hydrogen (secondary N) is 1. The standard InChI is InChI=1S/C13H27NO3/c1-4-17-13(16)8-6-5-7-9-14-10-12(15)11(2)3/h11-12,14-15H,4-10H2,1-3H3. The van der Waals surface area contributed by atoms with E-state index in [1.54, 1.807) is 0 Å². The maximum atomic E-state index is 11.0. The number of esters is 1. The third-order valence-electron chi connectivity index (χ3n) is 2.66. The van der Waals surface area contributed by atoms with Crippen LogP contribution in [-0.4, -0.2) is 36.9 Å². The van der Waals surface area contributed by atoms with E-state index < -0.39 is 0 Å². The summed E-state index contributed by atoms with van der Waals surface area (Å²) < 4.78 is 4.84. The first-order valence-electron chi connectivity index (χ1n) is 6.62. The Bertz CT molecular complexity index is 195. The molecule has 0 amide bonds. The van der Waals surface area contributed by atoms with Crippen molar-refractivity contribution in [3.05, 3.63) is 0 Å². The van der Waals surface area contributed by atoms with Gasteiger partial charge in [0.15, 0.2) is 0 Å². The van der Waals surface area contributed by atoms with Crippen molar-refractivity contribution < 1.29 is 14.6 Å². The topological polar surface area (TPSA) is 58.6 Å². The molecule has 0 aliphatic carbocycles. The summed E-state index contributed by atoms with van der Waals surface area (Å²) in [6, 6.07) is 0. The highest BCUT2D eigenvalue weighted by atomic mass is 16.5. The molecule has 0 fully saturated rings. The SMILES string of the molecule is CCOC(=O)CCCCCNCC(O)C(C)C. The van der Waals surface area contributed by atoms with Gasteiger partial charge in [0.25, 0.3) is 0 Å². The minimum atomic E-state index is -0.269. The van der Waals surface area contributed by atoms with Crippen molar-refractivity contribution >= 4 is 5.97 Å². The van der Waals surface area contributed by atoms with Crippen LogP contribution in [0.15, 0.2) is 0 Å². The van der Waals surface area contributed by atoms with Crippen LogP contribution in [0.2, 0.25) is 0 Å². The van der Waals surface area contributed by atoms with Gasteiger partial charge in [-0.25, -0.2) is 0 Å². The first-order chi connectivity index (χ1) is 8.07. The van der Waals surface area contributed by atoms with Crippen LogP contribution in [0.1, 0.15) is 46.5 Å². The van der Waals surface area contributed by atoms with Crippen LogP contribution in [0.3, 0.4) is 0 Å². The zero-order chi connectivity index (χ0) is 13.1. The molecular formula is C13H27NO3. The smallest absolute Gasteiger partial charge is 0.305 e. The molecular weight excluding hydrogens is 218 g/mol. The summed E-state index contributed by atoms with van der Waals surface area (Å²) in [6.07, 6.45) is 3.18. The highest BCUT2D eigenvalue weighted by Crippen LogP contribution is 2.02. The third-order valence-corrected chi connectivity index (χ3v) is 2.66. The second-order valence-electron chi connectivity index (χ2n) is 4.63. The van der Waals surface area contributed by atoms with Gasteiger partial charge in [-0.1, -0.05) is 20.3 Å². The Labute approximate surface area is 105 Å². The van der Waals surface area contributed by atoms with Crippen molar-refractivity contribution in [2.24, 2.45) is 5.92 Å². The van der Waals surface area contributed by atoms with Crippen LogP contribution in [-0.2, 0) is 9.53 Å². The van der Waals surface area contributed by atoms with Gasteiger partial charge in [0.05, 0.1) is 12.7 Å². The predicted molar refractivity (Wildman–Crippen MR) is 68.8 cm³/mol. The lowest BCUT2D eigenvalue weighted by molar-refractivity contribution is -0.143. The molecule has 0 bridgehead atoms. The maximum absolute atomic E-state index is 11.0. The molecule has 0 rings (SSSR count).